The maximum atomic E-state index is 12.2. The maximum absolute atomic E-state index is 12.2. The molecule has 3 aromatic carbocycles. The van der Waals surface area contributed by atoms with Gasteiger partial charge in [-0.15, -0.1) is 5.10 Å². The summed E-state index contributed by atoms with van der Waals surface area (Å²) in [6.45, 7) is 11.5. The molecule has 0 aliphatic carbocycles. The van der Waals surface area contributed by atoms with Gasteiger partial charge >= 0.3 is 5.97 Å². The summed E-state index contributed by atoms with van der Waals surface area (Å²) >= 11 is 0. The van der Waals surface area contributed by atoms with Crippen molar-refractivity contribution in [3.63, 3.8) is 0 Å². The van der Waals surface area contributed by atoms with E-state index in [0.29, 0.717) is 26.2 Å². The molecule has 1 unspecified atom stereocenters. The van der Waals surface area contributed by atoms with Gasteiger partial charge in [0, 0.05) is 25.1 Å². The number of ether oxygens (including phenoxy) is 1. The third kappa shape index (κ3) is 7.06. The second kappa shape index (κ2) is 14.1. The molecule has 2 N–H and O–H groups in total. The summed E-state index contributed by atoms with van der Waals surface area (Å²) in [4.78, 5) is 14.5. The quantitative estimate of drug-likeness (QED) is 0.173. The Kier molecular flexibility index (Phi) is 10.5. The standard InChI is InChI=1S/C34H44N4O4/c1-6-34(22-32(40)41,28-14-13-24(2)29(21-28)26(4)39)30-15-16-31-33(25(30)3)35-36-38(31)19-18-37(5)17-10-20-42-23-27-11-8-7-9-12-27/h7-9,11-16,21,26,39H,6,10,17-20,22-23H2,1-5H3,(H,40,41)/t26-,34?/m0/s1. The first kappa shape index (κ1) is 31.3. The van der Waals surface area contributed by atoms with Gasteiger partial charge in [0.1, 0.15) is 5.52 Å². The first-order chi connectivity index (χ1) is 20.2. The number of rotatable bonds is 15. The third-order valence-corrected chi connectivity index (χ3v) is 8.43. The highest BCUT2D eigenvalue weighted by molar-refractivity contribution is 5.81. The summed E-state index contributed by atoms with van der Waals surface area (Å²) in [5, 5.41) is 29.4. The van der Waals surface area contributed by atoms with Crippen molar-refractivity contribution in [1.29, 1.82) is 0 Å². The van der Waals surface area contributed by atoms with Gasteiger partial charge in [-0.05, 0) is 80.1 Å². The van der Waals surface area contributed by atoms with Crippen LogP contribution in [0.1, 0.15) is 72.6 Å². The van der Waals surface area contributed by atoms with Gasteiger partial charge in [0.05, 0.1) is 31.2 Å². The summed E-state index contributed by atoms with van der Waals surface area (Å²) in [5.41, 5.74) is 6.68. The highest BCUT2D eigenvalue weighted by Crippen LogP contribution is 2.43. The number of benzene rings is 3. The van der Waals surface area contributed by atoms with E-state index in [2.05, 4.69) is 34.4 Å². The number of aliphatic hydroxyl groups is 1. The summed E-state index contributed by atoms with van der Waals surface area (Å²) < 4.78 is 7.74. The number of carboxylic acid groups (broad SMARTS) is 1. The molecule has 0 saturated heterocycles. The Labute approximate surface area is 248 Å². The SMILES string of the molecule is CCC(CC(=O)O)(c1ccc(C)c([C@H](C)O)c1)c1ccc2c(nnn2CCN(C)CCCOCc2ccccc2)c1C. The van der Waals surface area contributed by atoms with Crippen molar-refractivity contribution in [3.8, 4) is 0 Å². The van der Waals surface area contributed by atoms with Gasteiger partial charge in [0.2, 0.25) is 0 Å². The minimum atomic E-state index is -0.868. The molecule has 1 aromatic heterocycles. The van der Waals surface area contributed by atoms with Crippen molar-refractivity contribution in [2.24, 2.45) is 0 Å². The number of aliphatic carboxylic acids is 1. The number of aryl methyl sites for hydroxylation is 2. The molecule has 8 heteroatoms. The molecule has 0 aliphatic rings. The predicted octanol–water partition coefficient (Wildman–Crippen LogP) is 5.81. The maximum Gasteiger partial charge on any atom is 0.304 e. The van der Waals surface area contributed by atoms with Crippen molar-refractivity contribution in [2.45, 2.75) is 71.6 Å². The molecule has 2 atom stereocenters. The van der Waals surface area contributed by atoms with Crippen LogP contribution in [0.4, 0.5) is 0 Å². The van der Waals surface area contributed by atoms with Gasteiger partial charge < -0.3 is 19.8 Å². The van der Waals surface area contributed by atoms with Crippen LogP contribution in [0.25, 0.3) is 11.0 Å². The van der Waals surface area contributed by atoms with Crippen molar-refractivity contribution in [3.05, 3.63) is 94.0 Å². The van der Waals surface area contributed by atoms with Crippen LogP contribution in [0, 0.1) is 13.8 Å². The Morgan fingerprint density at radius 2 is 1.86 bits per heavy atom. The topological polar surface area (TPSA) is 101 Å². The van der Waals surface area contributed by atoms with E-state index in [1.807, 2.05) is 74.0 Å². The van der Waals surface area contributed by atoms with Crippen molar-refractivity contribution >= 4 is 17.0 Å². The zero-order valence-electron chi connectivity index (χ0n) is 25.5. The summed E-state index contributed by atoms with van der Waals surface area (Å²) in [7, 11) is 2.10. The fourth-order valence-corrected chi connectivity index (χ4v) is 5.95. The average Bonchev–Trinajstić information content (AvgIpc) is 3.39. The van der Waals surface area contributed by atoms with E-state index in [-0.39, 0.29) is 6.42 Å². The molecule has 224 valence electrons. The van der Waals surface area contributed by atoms with Crippen LogP contribution in [-0.4, -0.2) is 62.8 Å². The second-order valence-electron chi connectivity index (χ2n) is 11.4. The zero-order valence-corrected chi connectivity index (χ0v) is 25.5. The fraction of sp³-hybridized carbons (Fsp3) is 0.441. The number of carbonyl (C=O) groups is 1. The number of fused-ring (bicyclic) bond motifs is 1. The molecule has 0 saturated carbocycles. The number of hydrogen-bond acceptors (Lipinski definition) is 6. The highest BCUT2D eigenvalue weighted by atomic mass is 16.5. The number of nitrogens with zero attached hydrogens (tertiary/aromatic N) is 4. The third-order valence-electron chi connectivity index (χ3n) is 8.43. The van der Waals surface area contributed by atoms with Crippen LogP contribution < -0.4 is 0 Å². The summed E-state index contributed by atoms with van der Waals surface area (Å²) in [6.07, 6.45) is 0.823. The molecule has 0 bridgehead atoms. The lowest BCUT2D eigenvalue weighted by atomic mass is 9.68. The lowest BCUT2D eigenvalue weighted by Crippen LogP contribution is -2.31. The van der Waals surface area contributed by atoms with Gasteiger partial charge in [-0.2, -0.15) is 0 Å². The van der Waals surface area contributed by atoms with Crippen LogP contribution in [0.3, 0.4) is 0 Å². The Morgan fingerprint density at radius 3 is 2.55 bits per heavy atom. The lowest BCUT2D eigenvalue weighted by Gasteiger charge is -2.35. The number of likely N-dealkylation sites (N-methyl/N-ethyl adjacent to an activating group) is 1. The van der Waals surface area contributed by atoms with Gasteiger partial charge in [-0.1, -0.05) is 66.7 Å². The molecule has 8 nitrogen and oxygen atoms in total. The lowest BCUT2D eigenvalue weighted by molar-refractivity contribution is -0.138. The molecular weight excluding hydrogens is 528 g/mol. The first-order valence-electron chi connectivity index (χ1n) is 14.8. The van der Waals surface area contributed by atoms with Crippen LogP contribution in [0.15, 0.2) is 60.7 Å². The molecular formula is C34H44N4O4. The number of aromatic nitrogens is 3. The van der Waals surface area contributed by atoms with E-state index in [1.54, 1.807) is 6.92 Å². The highest BCUT2D eigenvalue weighted by Gasteiger charge is 2.37. The molecule has 4 rings (SSSR count). The van der Waals surface area contributed by atoms with E-state index in [0.717, 1.165) is 58.4 Å². The van der Waals surface area contributed by atoms with Gasteiger partial charge in [0.15, 0.2) is 0 Å². The molecule has 1 heterocycles. The van der Waals surface area contributed by atoms with Crippen molar-refractivity contribution < 1.29 is 19.7 Å². The summed E-state index contributed by atoms with van der Waals surface area (Å²) in [5.74, 6) is -0.868. The average molecular weight is 573 g/mol. The predicted molar refractivity (Wildman–Crippen MR) is 166 cm³/mol. The normalized spacial score (nSPS) is 13.9. The first-order valence-corrected chi connectivity index (χ1v) is 14.8. The van der Waals surface area contributed by atoms with Crippen LogP contribution >= 0.6 is 0 Å². The monoisotopic (exact) mass is 572 g/mol. The molecule has 0 fully saturated rings. The second-order valence-corrected chi connectivity index (χ2v) is 11.4. The molecule has 4 aromatic rings. The van der Waals surface area contributed by atoms with Gasteiger partial charge in [0.25, 0.3) is 0 Å². The zero-order chi connectivity index (χ0) is 30.3. The van der Waals surface area contributed by atoms with Crippen LogP contribution in [0.5, 0.6) is 0 Å². The molecule has 0 aliphatic heterocycles. The fourth-order valence-electron chi connectivity index (χ4n) is 5.95. The van der Waals surface area contributed by atoms with Crippen molar-refractivity contribution in [1.82, 2.24) is 19.9 Å². The number of carboxylic acids is 1. The Morgan fingerprint density at radius 1 is 1.10 bits per heavy atom. The van der Waals surface area contributed by atoms with E-state index < -0.39 is 17.5 Å². The number of hydrogen-bond donors (Lipinski definition) is 2. The van der Waals surface area contributed by atoms with Gasteiger partial charge in [-0.25, -0.2) is 4.68 Å². The van der Waals surface area contributed by atoms with E-state index in [9.17, 15) is 15.0 Å². The van der Waals surface area contributed by atoms with E-state index in [4.69, 9.17) is 4.74 Å². The number of aliphatic hydroxyl groups excluding tert-OH is 1. The molecule has 0 amide bonds. The van der Waals surface area contributed by atoms with E-state index in [1.165, 1.54) is 5.56 Å². The van der Waals surface area contributed by atoms with Gasteiger partial charge in [-0.3, -0.25) is 4.79 Å². The van der Waals surface area contributed by atoms with Crippen molar-refractivity contribution in [2.75, 3.05) is 26.7 Å². The minimum Gasteiger partial charge on any atom is -0.481 e. The minimum absolute atomic E-state index is 0.0633. The molecule has 42 heavy (non-hydrogen) atoms. The van der Waals surface area contributed by atoms with E-state index >= 15 is 0 Å². The largest absolute Gasteiger partial charge is 0.481 e. The Bertz CT molecular complexity index is 1480. The Hall–Kier alpha value is -3.59. The van der Waals surface area contributed by atoms with Crippen LogP contribution in [0.2, 0.25) is 0 Å². The smallest absolute Gasteiger partial charge is 0.304 e. The summed E-state index contributed by atoms with van der Waals surface area (Å²) in [6, 6.07) is 20.2. The molecule has 0 spiro atoms. The molecule has 0 radical (unpaired) electrons. The Balaban J connectivity index is 1.49. The van der Waals surface area contributed by atoms with Crippen LogP contribution in [-0.2, 0) is 28.1 Å².